The maximum atomic E-state index is 14.2. The number of carbonyl (C=O) groups excluding carboxylic acids is 1. The van der Waals surface area contributed by atoms with Crippen LogP contribution in [0.2, 0.25) is 0 Å². The van der Waals surface area contributed by atoms with Crippen LogP contribution in [0.1, 0.15) is 71.4 Å². The van der Waals surface area contributed by atoms with Crippen molar-refractivity contribution in [3.05, 3.63) is 29.6 Å². The average Bonchev–Trinajstić information content (AvgIpc) is 3.48. The van der Waals surface area contributed by atoms with Crippen molar-refractivity contribution in [3.8, 4) is 5.75 Å². The lowest BCUT2D eigenvalue weighted by molar-refractivity contribution is -0.116. The lowest BCUT2D eigenvalue weighted by atomic mass is 9.83. The SMILES string of the molecule is CC(=O)CNCCCCCS(=O)(=O)NC(c1ccc(F)c(OCC2CC2)c1)C(C)(C)C. The first kappa shape index (κ1) is 25.7. The van der Waals surface area contributed by atoms with E-state index in [1.54, 1.807) is 12.1 Å². The second-order valence-corrected chi connectivity index (χ2v) is 11.5. The molecule has 1 aliphatic carbocycles. The van der Waals surface area contributed by atoms with Crippen LogP contribution < -0.4 is 14.8 Å². The van der Waals surface area contributed by atoms with Crippen molar-refractivity contribution in [2.45, 2.75) is 65.8 Å². The summed E-state index contributed by atoms with van der Waals surface area (Å²) in [6.45, 7) is 8.92. The number of benzene rings is 1. The number of Topliss-reactive ketones (excluding diaryl/α,β-unsaturated/α-hetero) is 1. The maximum Gasteiger partial charge on any atom is 0.212 e. The summed E-state index contributed by atoms with van der Waals surface area (Å²) in [6.07, 6.45) is 4.32. The van der Waals surface area contributed by atoms with Gasteiger partial charge < -0.3 is 10.1 Å². The predicted octanol–water partition coefficient (Wildman–Crippen LogP) is 3.97. The molecule has 0 bridgehead atoms. The fourth-order valence-electron chi connectivity index (χ4n) is 3.27. The van der Waals surface area contributed by atoms with Crippen molar-refractivity contribution < 1.29 is 22.3 Å². The van der Waals surface area contributed by atoms with Crippen LogP contribution in [0.15, 0.2) is 18.2 Å². The molecule has 2 rings (SSSR count). The Balaban J connectivity index is 1.95. The summed E-state index contributed by atoms with van der Waals surface area (Å²) in [5.41, 5.74) is 0.284. The van der Waals surface area contributed by atoms with Gasteiger partial charge in [-0.3, -0.25) is 4.79 Å². The van der Waals surface area contributed by atoms with Crippen LogP contribution in [0.25, 0.3) is 0 Å². The van der Waals surface area contributed by atoms with Crippen LogP contribution in [0.4, 0.5) is 4.39 Å². The molecule has 0 radical (unpaired) electrons. The number of carbonyl (C=O) groups is 1. The molecule has 0 aromatic heterocycles. The molecular weight excluding hydrogens is 419 g/mol. The van der Waals surface area contributed by atoms with Crippen molar-refractivity contribution in [2.75, 3.05) is 25.4 Å². The van der Waals surface area contributed by atoms with E-state index in [-0.39, 0.29) is 17.3 Å². The minimum absolute atomic E-state index is 0.0263. The molecule has 1 saturated carbocycles. The molecule has 0 saturated heterocycles. The smallest absolute Gasteiger partial charge is 0.212 e. The van der Waals surface area contributed by atoms with Crippen LogP contribution in [0.5, 0.6) is 5.75 Å². The molecule has 1 aromatic rings. The monoisotopic (exact) mass is 456 g/mol. The number of hydrogen-bond acceptors (Lipinski definition) is 5. The van der Waals surface area contributed by atoms with Gasteiger partial charge in [-0.2, -0.15) is 0 Å². The first-order valence-electron chi connectivity index (χ1n) is 11.1. The summed E-state index contributed by atoms with van der Waals surface area (Å²) in [5, 5.41) is 3.03. The predicted molar refractivity (Wildman–Crippen MR) is 121 cm³/mol. The van der Waals surface area contributed by atoms with Gasteiger partial charge in [-0.1, -0.05) is 33.3 Å². The normalized spacial score (nSPS) is 15.6. The minimum Gasteiger partial charge on any atom is -0.490 e. The largest absolute Gasteiger partial charge is 0.490 e. The Labute approximate surface area is 186 Å². The number of ether oxygens (including phenoxy) is 1. The first-order valence-corrected chi connectivity index (χ1v) is 12.8. The Hall–Kier alpha value is -1.51. The minimum atomic E-state index is -3.52. The quantitative estimate of drug-likeness (QED) is 0.414. The fourth-order valence-corrected chi connectivity index (χ4v) is 4.82. The van der Waals surface area contributed by atoms with Crippen molar-refractivity contribution in [2.24, 2.45) is 11.3 Å². The van der Waals surface area contributed by atoms with Gasteiger partial charge in [0, 0.05) is 0 Å². The maximum absolute atomic E-state index is 14.2. The summed E-state index contributed by atoms with van der Waals surface area (Å²) < 4.78 is 48.1. The molecular formula is C23H37FN2O4S. The van der Waals surface area contributed by atoms with E-state index >= 15 is 0 Å². The van der Waals surface area contributed by atoms with E-state index in [1.165, 1.54) is 13.0 Å². The molecule has 0 spiro atoms. The van der Waals surface area contributed by atoms with Crippen molar-refractivity contribution >= 4 is 15.8 Å². The molecule has 6 nitrogen and oxygen atoms in total. The zero-order chi connectivity index (χ0) is 23.1. The lowest BCUT2D eigenvalue weighted by Crippen LogP contribution is -2.38. The molecule has 0 aliphatic heterocycles. The van der Waals surface area contributed by atoms with Gasteiger partial charge >= 0.3 is 0 Å². The van der Waals surface area contributed by atoms with Gasteiger partial charge in [0.05, 0.1) is 24.9 Å². The Morgan fingerprint density at radius 3 is 2.55 bits per heavy atom. The van der Waals surface area contributed by atoms with E-state index < -0.39 is 27.3 Å². The molecule has 8 heteroatoms. The number of sulfonamides is 1. The van der Waals surface area contributed by atoms with E-state index in [9.17, 15) is 17.6 Å². The molecule has 1 atom stereocenters. The van der Waals surface area contributed by atoms with E-state index in [4.69, 9.17) is 4.74 Å². The summed E-state index contributed by atoms with van der Waals surface area (Å²) in [5.74, 6) is 0.354. The third-order valence-electron chi connectivity index (χ3n) is 5.26. The van der Waals surface area contributed by atoms with E-state index in [1.807, 2.05) is 20.8 Å². The van der Waals surface area contributed by atoms with Crippen LogP contribution in [0, 0.1) is 17.2 Å². The van der Waals surface area contributed by atoms with Gasteiger partial charge in [-0.05, 0) is 68.2 Å². The van der Waals surface area contributed by atoms with Gasteiger partial charge in [0.2, 0.25) is 10.0 Å². The van der Waals surface area contributed by atoms with Crippen molar-refractivity contribution in [1.82, 2.24) is 10.0 Å². The molecule has 176 valence electrons. The number of nitrogens with one attached hydrogen (secondary N) is 2. The van der Waals surface area contributed by atoms with E-state index in [0.29, 0.717) is 37.6 Å². The molecule has 1 aliphatic rings. The lowest BCUT2D eigenvalue weighted by Gasteiger charge is -2.32. The zero-order valence-electron chi connectivity index (χ0n) is 19.2. The Bertz CT molecular complexity index is 832. The molecule has 0 heterocycles. The van der Waals surface area contributed by atoms with Crippen LogP contribution >= 0.6 is 0 Å². The number of halogens is 1. The summed E-state index contributed by atoms with van der Waals surface area (Å²) in [6, 6.07) is 4.09. The highest BCUT2D eigenvalue weighted by Gasteiger charge is 2.31. The van der Waals surface area contributed by atoms with Gasteiger partial charge in [0.1, 0.15) is 5.78 Å². The first-order chi connectivity index (χ1) is 14.5. The summed E-state index contributed by atoms with van der Waals surface area (Å²) in [4.78, 5) is 10.9. The molecule has 1 fully saturated rings. The Kier molecular flexibility index (Phi) is 9.45. The van der Waals surface area contributed by atoms with Crippen molar-refractivity contribution in [1.29, 1.82) is 0 Å². The summed E-state index contributed by atoms with van der Waals surface area (Å²) >= 11 is 0. The number of hydrogen-bond donors (Lipinski definition) is 2. The van der Waals surface area contributed by atoms with Crippen LogP contribution in [-0.4, -0.2) is 39.7 Å². The standard InChI is InChI=1S/C23H37FN2O4S/c1-17(27)15-25-12-6-5-7-13-31(28,29)26-22(23(2,3)4)19-10-11-20(24)21(14-19)30-16-18-8-9-18/h10-11,14,18,22,25-26H,5-9,12-13,15-16H2,1-4H3. The highest BCUT2D eigenvalue weighted by Crippen LogP contribution is 2.36. The number of ketones is 1. The second kappa shape index (κ2) is 11.4. The molecule has 2 N–H and O–H groups in total. The van der Waals surface area contributed by atoms with E-state index in [2.05, 4.69) is 10.0 Å². The average molecular weight is 457 g/mol. The second-order valence-electron chi connectivity index (χ2n) is 9.62. The van der Waals surface area contributed by atoms with Gasteiger partial charge in [-0.25, -0.2) is 17.5 Å². The highest BCUT2D eigenvalue weighted by atomic mass is 32.2. The molecule has 1 aromatic carbocycles. The number of unbranched alkanes of at least 4 members (excludes halogenated alkanes) is 2. The Morgan fingerprint density at radius 1 is 1.23 bits per heavy atom. The third kappa shape index (κ3) is 9.66. The molecule has 31 heavy (non-hydrogen) atoms. The van der Waals surface area contributed by atoms with Gasteiger partial charge in [0.15, 0.2) is 11.6 Å². The molecule has 0 amide bonds. The van der Waals surface area contributed by atoms with Crippen LogP contribution in [0.3, 0.4) is 0 Å². The van der Waals surface area contributed by atoms with Crippen molar-refractivity contribution in [3.63, 3.8) is 0 Å². The summed E-state index contributed by atoms with van der Waals surface area (Å²) in [7, 11) is -3.52. The third-order valence-corrected chi connectivity index (χ3v) is 6.69. The topological polar surface area (TPSA) is 84.5 Å². The Morgan fingerprint density at radius 2 is 1.94 bits per heavy atom. The fraction of sp³-hybridized carbons (Fsp3) is 0.696. The van der Waals surface area contributed by atoms with Gasteiger partial charge in [-0.15, -0.1) is 0 Å². The number of rotatable bonds is 14. The molecule has 1 unspecified atom stereocenters. The highest BCUT2D eigenvalue weighted by molar-refractivity contribution is 7.89. The van der Waals surface area contributed by atoms with Crippen LogP contribution in [-0.2, 0) is 14.8 Å². The zero-order valence-corrected chi connectivity index (χ0v) is 20.0. The van der Waals surface area contributed by atoms with Gasteiger partial charge in [0.25, 0.3) is 0 Å². The van der Waals surface area contributed by atoms with E-state index in [0.717, 1.165) is 25.7 Å².